The minimum Gasteiger partial charge on any atom is -0.466 e. The lowest BCUT2D eigenvalue weighted by atomic mass is 10.0. The molecule has 0 aromatic carbocycles. The lowest BCUT2D eigenvalue weighted by Gasteiger charge is -2.22. The van der Waals surface area contributed by atoms with E-state index in [0.717, 1.165) is 64.2 Å². The number of rotatable bonds is 52. The van der Waals surface area contributed by atoms with E-state index in [1.165, 1.54) is 199 Å². The van der Waals surface area contributed by atoms with Gasteiger partial charge in [-0.1, -0.05) is 237 Å². The van der Waals surface area contributed by atoms with E-state index in [0.29, 0.717) is 25.9 Å². The lowest BCUT2D eigenvalue weighted by Crippen LogP contribution is -2.45. The quantitative estimate of drug-likeness (QED) is 0.0321. The van der Waals surface area contributed by atoms with E-state index in [2.05, 4.69) is 55.6 Å². The van der Waals surface area contributed by atoms with E-state index >= 15 is 0 Å². The van der Waals surface area contributed by atoms with Gasteiger partial charge in [-0.05, 0) is 83.5 Å². The summed E-state index contributed by atoms with van der Waals surface area (Å²) in [6, 6.07) is -0.551. The standard InChI is InChI=1S/C58H109NO5/c1-3-5-7-9-11-13-15-16-17-18-22-25-28-32-36-40-44-48-52-58(63)64-53-49-45-41-37-33-29-26-23-20-19-21-24-27-31-35-39-43-47-51-57(62)59-55(54-60)56(61)50-46-42-38-34-30-14-12-10-8-6-4-2/h13,15,17-18,21,24,55-56,60-61H,3-12,14,16,19-20,22-23,25-54H2,1-2H3,(H,59,62)/b15-13-,18-17-,24-21-. The highest BCUT2D eigenvalue weighted by molar-refractivity contribution is 5.76. The molecule has 0 aliphatic rings. The van der Waals surface area contributed by atoms with Crippen LogP contribution in [0.3, 0.4) is 0 Å². The highest BCUT2D eigenvalue weighted by Crippen LogP contribution is 2.16. The highest BCUT2D eigenvalue weighted by Gasteiger charge is 2.20. The van der Waals surface area contributed by atoms with Crippen LogP contribution in [-0.4, -0.2) is 47.4 Å². The molecule has 64 heavy (non-hydrogen) atoms. The van der Waals surface area contributed by atoms with E-state index in [1.54, 1.807) is 0 Å². The number of esters is 1. The summed E-state index contributed by atoms with van der Waals surface area (Å²) in [6.07, 6.45) is 65.6. The molecule has 0 bridgehead atoms. The van der Waals surface area contributed by atoms with Gasteiger partial charge in [-0.2, -0.15) is 0 Å². The van der Waals surface area contributed by atoms with Gasteiger partial charge in [-0.3, -0.25) is 9.59 Å². The minimum atomic E-state index is -0.672. The molecule has 0 spiro atoms. The number of aliphatic hydroxyl groups is 2. The predicted molar refractivity (Wildman–Crippen MR) is 278 cm³/mol. The lowest BCUT2D eigenvalue weighted by molar-refractivity contribution is -0.143. The maximum atomic E-state index is 12.4. The van der Waals surface area contributed by atoms with Gasteiger partial charge in [0.1, 0.15) is 0 Å². The van der Waals surface area contributed by atoms with Crippen molar-refractivity contribution < 1.29 is 24.5 Å². The zero-order chi connectivity index (χ0) is 46.5. The van der Waals surface area contributed by atoms with Gasteiger partial charge in [0, 0.05) is 12.8 Å². The van der Waals surface area contributed by atoms with Crippen molar-refractivity contribution >= 4 is 11.9 Å². The molecule has 0 aromatic rings. The van der Waals surface area contributed by atoms with Crippen molar-refractivity contribution in [3.8, 4) is 0 Å². The second-order valence-electron chi connectivity index (χ2n) is 19.3. The summed E-state index contributed by atoms with van der Waals surface area (Å²) >= 11 is 0. The fourth-order valence-electron chi connectivity index (χ4n) is 8.55. The molecule has 0 heterocycles. The van der Waals surface area contributed by atoms with Gasteiger partial charge in [-0.15, -0.1) is 0 Å². The number of unbranched alkanes of at least 4 members (excludes halogenated alkanes) is 35. The van der Waals surface area contributed by atoms with Crippen LogP contribution in [0, 0.1) is 0 Å². The third-order valence-corrected chi connectivity index (χ3v) is 12.9. The largest absolute Gasteiger partial charge is 0.466 e. The van der Waals surface area contributed by atoms with Gasteiger partial charge in [0.2, 0.25) is 5.91 Å². The van der Waals surface area contributed by atoms with Crippen molar-refractivity contribution in [1.29, 1.82) is 0 Å². The Labute approximate surface area is 398 Å². The smallest absolute Gasteiger partial charge is 0.305 e. The Morgan fingerprint density at radius 3 is 1.22 bits per heavy atom. The van der Waals surface area contributed by atoms with Crippen LogP contribution >= 0.6 is 0 Å². The van der Waals surface area contributed by atoms with Crippen molar-refractivity contribution in [2.75, 3.05) is 13.2 Å². The second kappa shape index (κ2) is 53.7. The third-order valence-electron chi connectivity index (χ3n) is 12.9. The first-order valence-corrected chi connectivity index (χ1v) is 28.2. The summed E-state index contributed by atoms with van der Waals surface area (Å²) < 4.78 is 5.48. The van der Waals surface area contributed by atoms with Crippen LogP contribution in [-0.2, 0) is 14.3 Å². The molecular weight excluding hydrogens is 791 g/mol. The van der Waals surface area contributed by atoms with E-state index in [4.69, 9.17) is 4.74 Å². The summed E-state index contributed by atoms with van der Waals surface area (Å²) in [6.45, 7) is 4.91. The number of carbonyl (C=O) groups is 2. The van der Waals surface area contributed by atoms with Crippen molar-refractivity contribution in [2.24, 2.45) is 0 Å². The molecule has 2 unspecified atom stereocenters. The fourth-order valence-corrected chi connectivity index (χ4v) is 8.55. The minimum absolute atomic E-state index is 0.00471. The number of aliphatic hydroxyl groups excluding tert-OH is 2. The monoisotopic (exact) mass is 900 g/mol. The number of ether oxygens (including phenoxy) is 1. The molecule has 0 aliphatic heterocycles. The molecule has 0 fully saturated rings. The number of allylic oxidation sites excluding steroid dienone is 6. The van der Waals surface area contributed by atoms with Gasteiger partial charge >= 0.3 is 5.97 Å². The van der Waals surface area contributed by atoms with Gasteiger partial charge in [0.05, 0.1) is 25.4 Å². The van der Waals surface area contributed by atoms with Crippen LogP contribution in [0.4, 0.5) is 0 Å². The summed E-state index contributed by atoms with van der Waals surface area (Å²) in [4.78, 5) is 24.5. The average Bonchev–Trinajstić information content (AvgIpc) is 3.29. The summed E-state index contributed by atoms with van der Waals surface area (Å²) in [5.41, 5.74) is 0. The Kier molecular flexibility index (Phi) is 52.1. The van der Waals surface area contributed by atoms with Crippen molar-refractivity contribution in [1.82, 2.24) is 5.32 Å². The first kappa shape index (κ1) is 62.1. The Morgan fingerprint density at radius 2 is 0.781 bits per heavy atom. The molecule has 0 aliphatic carbocycles. The number of amides is 1. The number of hydrogen-bond donors (Lipinski definition) is 3. The van der Waals surface area contributed by atoms with Gasteiger partial charge < -0.3 is 20.3 Å². The second-order valence-corrected chi connectivity index (χ2v) is 19.3. The van der Waals surface area contributed by atoms with Crippen molar-refractivity contribution in [3.05, 3.63) is 36.5 Å². The zero-order valence-electron chi connectivity index (χ0n) is 42.8. The van der Waals surface area contributed by atoms with E-state index < -0.39 is 12.1 Å². The van der Waals surface area contributed by atoms with Crippen molar-refractivity contribution in [3.63, 3.8) is 0 Å². The molecular formula is C58H109NO5. The highest BCUT2D eigenvalue weighted by atomic mass is 16.5. The Morgan fingerprint density at radius 1 is 0.438 bits per heavy atom. The zero-order valence-corrected chi connectivity index (χ0v) is 42.8. The molecule has 6 heteroatoms. The molecule has 3 N–H and O–H groups in total. The van der Waals surface area contributed by atoms with Crippen LogP contribution in [0.1, 0.15) is 296 Å². The summed E-state index contributed by atoms with van der Waals surface area (Å²) in [5, 5.41) is 23.1. The maximum Gasteiger partial charge on any atom is 0.305 e. The normalized spacial score (nSPS) is 12.9. The molecule has 6 nitrogen and oxygen atoms in total. The Bertz CT molecular complexity index is 1040. The summed E-state index contributed by atoms with van der Waals surface area (Å²) in [5.74, 6) is -0.0556. The van der Waals surface area contributed by atoms with Crippen LogP contribution in [0.25, 0.3) is 0 Å². The summed E-state index contributed by atoms with van der Waals surface area (Å²) in [7, 11) is 0. The topological polar surface area (TPSA) is 95.9 Å². The molecule has 0 radical (unpaired) electrons. The van der Waals surface area contributed by atoms with Crippen LogP contribution in [0.2, 0.25) is 0 Å². The molecule has 2 atom stereocenters. The average molecular weight is 901 g/mol. The van der Waals surface area contributed by atoms with E-state index in [-0.39, 0.29) is 18.5 Å². The van der Waals surface area contributed by atoms with Gasteiger partial charge in [-0.25, -0.2) is 0 Å². The third kappa shape index (κ3) is 49.5. The maximum absolute atomic E-state index is 12.4. The molecule has 0 aromatic heterocycles. The molecule has 0 rings (SSSR count). The Balaban J connectivity index is 3.43. The number of hydrogen-bond acceptors (Lipinski definition) is 5. The van der Waals surface area contributed by atoms with Gasteiger partial charge in [0.15, 0.2) is 0 Å². The molecule has 0 saturated carbocycles. The number of carbonyl (C=O) groups excluding carboxylic acids is 2. The molecule has 376 valence electrons. The first-order chi connectivity index (χ1) is 31.5. The number of nitrogens with one attached hydrogen (secondary N) is 1. The SMILES string of the molecule is CCCCCC/C=C\C/C=C\CCCCCCCCCC(=O)OCCCCCCCCCCC/C=C\CCCCCCCC(=O)NC(CO)C(O)CCCCCCCCCCCCC. The van der Waals surface area contributed by atoms with E-state index in [9.17, 15) is 19.8 Å². The Hall–Kier alpha value is -1.92. The van der Waals surface area contributed by atoms with Crippen LogP contribution < -0.4 is 5.32 Å². The van der Waals surface area contributed by atoms with Crippen molar-refractivity contribution in [2.45, 2.75) is 309 Å². The van der Waals surface area contributed by atoms with Gasteiger partial charge in [0.25, 0.3) is 0 Å². The molecule has 0 saturated heterocycles. The van der Waals surface area contributed by atoms with E-state index in [1.807, 2.05) is 0 Å². The first-order valence-electron chi connectivity index (χ1n) is 28.2. The van der Waals surface area contributed by atoms with Crippen LogP contribution in [0.5, 0.6) is 0 Å². The molecule has 1 amide bonds. The van der Waals surface area contributed by atoms with Crippen LogP contribution in [0.15, 0.2) is 36.5 Å². The fraction of sp³-hybridized carbons (Fsp3) is 0.862. The predicted octanol–water partition coefficient (Wildman–Crippen LogP) is 17.2.